The van der Waals surface area contributed by atoms with Gasteiger partial charge in [0.15, 0.2) is 5.96 Å². The van der Waals surface area contributed by atoms with E-state index in [9.17, 15) is 12.8 Å². The molecule has 0 bridgehead atoms. The summed E-state index contributed by atoms with van der Waals surface area (Å²) in [6.07, 6.45) is 0. The lowest BCUT2D eigenvalue weighted by atomic mass is 10.2. The molecule has 0 atom stereocenters. The van der Waals surface area contributed by atoms with Gasteiger partial charge < -0.3 is 10.2 Å². The van der Waals surface area contributed by atoms with E-state index < -0.39 is 10.0 Å². The molecular formula is C17H27FN4O2S2. The standard InChI is InChI=1S/C17H27FN4O2S2/c1-3-19-17(21(2)14-15-5-4-6-16(18)13-15)20-7-12-26(23,24)22-8-10-25-11-9-22/h4-6,13H,3,7-12,14H2,1-2H3,(H,19,20). The summed E-state index contributed by atoms with van der Waals surface area (Å²) in [5.74, 6) is 2.04. The maximum absolute atomic E-state index is 13.3. The molecule has 1 aromatic carbocycles. The molecule has 146 valence electrons. The molecule has 1 N–H and O–H groups in total. The Bertz CT molecular complexity index is 706. The molecule has 0 aromatic heterocycles. The molecule has 0 spiro atoms. The van der Waals surface area contributed by atoms with Gasteiger partial charge in [-0.05, 0) is 24.6 Å². The van der Waals surface area contributed by atoms with E-state index in [4.69, 9.17) is 0 Å². The molecule has 1 aromatic rings. The third kappa shape index (κ3) is 6.44. The van der Waals surface area contributed by atoms with Crippen molar-refractivity contribution in [2.24, 2.45) is 4.99 Å². The minimum Gasteiger partial charge on any atom is -0.357 e. The molecule has 6 nitrogen and oxygen atoms in total. The molecule has 0 radical (unpaired) electrons. The van der Waals surface area contributed by atoms with Crippen molar-refractivity contribution >= 4 is 27.7 Å². The van der Waals surface area contributed by atoms with E-state index in [-0.39, 0.29) is 18.1 Å². The van der Waals surface area contributed by atoms with Crippen molar-refractivity contribution in [3.63, 3.8) is 0 Å². The number of sulfonamides is 1. The first-order chi connectivity index (χ1) is 12.4. The van der Waals surface area contributed by atoms with Gasteiger partial charge in [0.25, 0.3) is 0 Å². The highest BCUT2D eigenvalue weighted by atomic mass is 32.2. The van der Waals surface area contributed by atoms with Crippen molar-refractivity contribution in [3.8, 4) is 0 Å². The summed E-state index contributed by atoms with van der Waals surface area (Å²) >= 11 is 1.78. The first-order valence-corrected chi connectivity index (χ1v) is 11.5. The maximum atomic E-state index is 13.3. The number of halogens is 1. The Labute approximate surface area is 159 Å². The van der Waals surface area contributed by atoms with Crippen molar-refractivity contribution in [1.29, 1.82) is 0 Å². The van der Waals surface area contributed by atoms with E-state index in [2.05, 4.69) is 10.3 Å². The molecule has 0 aliphatic carbocycles. The first kappa shape index (κ1) is 21.0. The number of benzene rings is 1. The maximum Gasteiger partial charge on any atom is 0.215 e. The Morgan fingerprint density at radius 3 is 2.77 bits per heavy atom. The lowest BCUT2D eigenvalue weighted by molar-refractivity contribution is 0.443. The monoisotopic (exact) mass is 402 g/mol. The lowest BCUT2D eigenvalue weighted by Gasteiger charge is -2.25. The fourth-order valence-corrected chi connectivity index (χ4v) is 5.13. The van der Waals surface area contributed by atoms with Gasteiger partial charge in [-0.25, -0.2) is 17.1 Å². The van der Waals surface area contributed by atoms with Crippen LogP contribution in [0.15, 0.2) is 29.3 Å². The number of rotatable bonds is 7. The van der Waals surface area contributed by atoms with Crippen LogP contribution >= 0.6 is 11.8 Å². The first-order valence-electron chi connectivity index (χ1n) is 8.72. The van der Waals surface area contributed by atoms with E-state index >= 15 is 0 Å². The number of guanidine groups is 1. The van der Waals surface area contributed by atoms with E-state index in [0.717, 1.165) is 17.1 Å². The second-order valence-electron chi connectivity index (χ2n) is 6.05. The Balaban J connectivity index is 1.96. The van der Waals surface area contributed by atoms with Gasteiger partial charge in [0.2, 0.25) is 10.0 Å². The Morgan fingerprint density at radius 1 is 1.38 bits per heavy atom. The van der Waals surface area contributed by atoms with Gasteiger partial charge in [-0.15, -0.1) is 0 Å². The highest BCUT2D eigenvalue weighted by Gasteiger charge is 2.23. The van der Waals surface area contributed by atoms with Gasteiger partial charge in [-0.1, -0.05) is 12.1 Å². The summed E-state index contributed by atoms with van der Waals surface area (Å²) in [7, 11) is -1.42. The number of hydrogen-bond donors (Lipinski definition) is 1. The largest absolute Gasteiger partial charge is 0.357 e. The smallest absolute Gasteiger partial charge is 0.215 e. The van der Waals surface area contributed by atoms with E-state index in [1.807, 2.05) is 24.9 Å². The Kier molecular flexibility index (Phi) is 8.17. The SMILES string of the molecule is CCNC(=NCCS(=O)(=O)N1CCSCC1)N(C)Cc1cccc(F)c1. The van der Waals surface area contributed by atoms with Gasteiger partial charge in [-0.2, -0.15) is 11.8 Å². The van der Waals surface area contributed by atoms with Gasteiger partial charge in [0.05, 0.1) is 12.3 Å². The molecule has 26 heavy (non-hydrogen) atoms. The Morgan fingerprint density at radius 2 is 2.12 bits per heavy atom. The molecule has 1 saturated heterocycles. The molecular weight excluding hydrogens is 375 g/mol. The van der Waals surface area contributed by atoms with Crippen LogP contribution in [-0.2, 0) is 16.6 Å². The number of aliphatic imine (C=N–C) groups is 1. The van der Waals surface area contributed by atoms with Crippen molar-refractivity contribution in [1.82, 2.24) is 14.5 Å². The van der Waals surface area contributed by atoms with Crippen LogP contribution < -0.4 is 5.32 Å². The average molecular weight is 403 g/mol. The summed E-state index contributed by atoms with van der Waals surface area (Å²) in [6, 6.07) is 6.42. The van der Waals surface area contributed by atoms with Gasteiger partial charge >= 0.3 is 0 Å². The van der Waals surface area contributed by atoms with E-state index in [1.165, 1.54) is 12.1 Å². The molecule has 0 saturated carbocycles. The lowest BCUT2D eigenvalue weighted by Crippen LogP contribution is -2.41. The predicted molar refractivity (Wildman–Crippen MR) is 107 cm³/mol. The van der Waals surface area contributed by atoms with Gasteiger partial charge in [-0.3, -0.25) is 4.99 Å². The second-order valence-corrected chi connectivity index (χ2v) is 9.36. The number of hydrogen-bond acceptors (Lipinski definition) is 4. The van der Waals surface area contributed by atoms with E-state index in [1.54, 1.807) is 22.1 Å². The van der Waals surface area contributed by atoms with Crippen LogP contribution in [0.5, 0.6) is 0 Å². The van der Waals surface area contributed by atoms with Gasteiger partial charge in [0, 0.05) is 44.7 Å². The molecule has 2 rings (SSSR count). The minimum atomic E-state index is -3.27. The summed E-state index contributed by atoms with van der Waals surface area (Å²) in [4.78, 5) is 6.30. The van der Waals surface area contributed by atoms with Crippen LogP contribution in [0.2, 0.25) is 0 Å². The highest BCUT2D eigenvalue weighted by molar-refractivity contribution is 7.99. The molecule has 1 fully saturated rings. The summed E-state index contributed by atoms with van der Waals surface area (Å²) in [5.41, 5.74) is 0.830. The Hall–Kier alpha value is -1.32. The van der Waals surface area contributed by atoms with Crippen LogP contribution in [-0.4, -0.2) is 74.1 Å². The normalized spacial score (nSPS) is 16.5. The molecule has 1 aliphatic rings. The van der Waals surface area contributed by atoms with Crippen LogP contribution in [0.1, 0.15) is 12.5 Å². The summed E-state index contributed by atoms with van der Waals surface area (Å²) in [6.45, 7) is 4.46. The van der Waals surface area contributed by atoms with Crippen molar-refractivity contribution < 1.29 is 12.8 Å². The van der Waals surface area contributed by atoms with Crippen molar-refractivity contribution in [2.75, 3.05) is 50.5 Å². The molecule has 0 unspecified atom stereocenters. The number of thioether (sulfide) groups is 1. The molecule has 0 amide bonds. The predicted octanol–water partition coefficient (Wildman–Crippen LogP) is 1.60. The second kappa shape index (κ2) is 10.1. The summed E-state index contributed by atoms with van der Waals surface area (Å²) in [5, 5.41) is 3.15. The zero-order chi connectivity index (χ0) is 19.0. The van der Waals surface area contributed by atoms with Crippen molar-refractivity contribution in [3.05, 3.63) is 35.6 Å². The van der Waals surface area contributed by atoms with Crippen LogP contribution in [0.3, 0.4) is 0 Å². The minimum absolute atomic E-state index is 0.000363. The van der Waals surface area contributed by atoms with Crippen molar-refractivity contribution in [2.45, 2.75) is 13.5 Å². The number of nitrogens with one attached hydrogen (secondary N) is 1. The third-order valence-electron chi connectivity index (χ3n) is 3.98. The summed E-state index contributed by atoms with van der Waals surface area (Å²) < 4.78 is 39.7. The zero-order valence-electron chi connectivity index (χ0n) is 15.3. The quantitative estimate of drug-likeness (QED) is 0.554. The van der Waals surface area contributed by atoms with Gasteiger partial charge in [0.1, 0.15) is 5.82 Å². The fourth-order valence-electron chi connectivity index (χ4n) is 2.67. The number of nitrogens with zero attached hydrogens (tertiary/aromatic N) is 3. The zero-order valence-corrected chi connectivity index (χ0v) is 17.0. The molecule has 1 aliphatic heterocycles. The van der Waals surface area contributed by atoms with Crippen LogP contribution in [0.25, 0.3) is 0 Å². The topological polar surface area (TPSA) is 65.0 Å². The van der Waals surface area contributed by atoms with Crippen LogP contribution in [0.4, 0.5) is 4.39 Å². The highest BCUT2D eigenvalue weighted by Crippen LogP contribution is 2.13. The molecule has 9 heteroatoms. The van der Waals surface area contributed by atoms with Crippen LogP contribution in [0, 0.1) is 5.82 Å². The third-order valence-corrected chi connectivity index (χ3v) is 6.77. The molecule has 1 heterocycles. The fraction of sp³-hybridized carbons (Fsp3) is 0.588. The van der Waals surface area contributed by atoms with E-state index in [0.29, 0.717) is 32.1 Å². The average Bonchev–Trinajstić information content (AvgIpc) is 2.61.